The number of halogens is 4. The van der Waals surface area contributed by atoms with Crippen molar-refractivity contribution in [3.8, 4) is 5.75 Å². The lowest BCUT2D eigenvalue weighted by Crippen LogP contribution is -2.27. The summed E-state index contributed by atoms with van der Waals surface area (Å²) in [6.45, 7) is 0.779. The molecule has 0 radical (unpaired) electrons. The van der Waals surface area contributed by atoms with Crippen LogP contribution in [0, 0.1) is 0 Å². The molecule has 100 valence electrons. The predicted molar refractivity (Wildman–Crippen MR) is 62.7 cm³/mol. The smallest absolute Gasteiger partial charge is 0.416 e. The Hall–Kier alpha value is -0.940. The molecule has 2 N–H and O–H groups in total. The zero-order valence-corrected chi connectivity index (χ0v) is 10.3. The number of alkyl halides is 3. The van der Waals surface area contributed by atoms with Gasteiger partial charge >= 0.3 is 6.18 Å². The van der Waals surface area contributed by atoms with E-state index in [0.717, 1.165) is 37.9 Å². The molecule has 0 aliphatic carbocycles. The van der Waals surface area contributed by atoms with Gasteiger partial charge in [-0.15, -0.1) is 0 Å². The van der Waals surface area contributed by atoms with Crippen LogP contribution in [0.3, 0.4) is 0 Å². The maximum Gasteiger partial charge on any atom is 0.416 e. The number of phenols is 1. The highest BCUT2D eigenvalue weighted by Gasteiger charge is 2.33. The van der Waals surface area contributed by atoms with Crippen molar-refractivity contribution in [2.75, 3.05) is 6.54 Å². The maximum atomic E-state index is 12.5. The molecule has 1 atom stereocenters. The van der Waals surface area contributed by atoms with Gasteiger partial charge in [0.25, 0.3) is 0 Å². The Morgan fingerprint density at radius 1 is 1.28 bits per heavy atom. The Bertz CT molecular complexity index is 418. The van der Waals surface area contributed by atoms with E-state index in [1.807, 2.05) is 0 Å². The number of aromatic hydroxyl groups is 1. The molecule has 1 aromatic carbocycles. The quantitative estimate of drug-likeness (QED) is 0.818. The normalized spacial score (nSPS) is 21.0. The molecule has 0 saturated carbocycles. The average molecular weight is 280 g/mol. The van der Waals surface area contributed by atoms with Gasteiger partial charge in [0.05, 0.1) is 5.56 Å². The van der Waals surface area contributed by atoms with Gasteiger partial charge in [-0.3, -0.25) is 0 Å². The molecule has 0 amide bonds. The molecule has 1 unspecified atom stereocenters. The van der Waals surface area contributed by atoms with Gasteiger partial charge in [0.15, 0.2) is 0 Å². The lowest BCUT2D eigenvalue weighted by Gasteiger charge is -2.25. The van der Waals surface area contributed by atoms with Crippen LogP contribution in [0.15, 0.2) is 12.1 Å². The molecule has 1 saturated heterocycles. The molecule has 6 heteroatoms. The second-order valence-corrected chi connectivity index (χ2v) is 4.80. The average Bonchev–Trinajstić information content (AvgIpc) is 2.28. The molecule has 1 aliphatic heterocycles. The highest BCUT2D eigenvalue weighted by atomic mass is 35.5. The van der Waals surface area contributed by atoms with E-state index in [4.69, 9.17) is 11.6 Å². The molecule has 2 nitrogen and oxygen atoms in total. The van der Waals surface area contributed by atoms with E-state index < -0.39 is 17.5 Å². The summed E-state index contributed by atoms with van der Waals surface area (Å²) < 4.78 is 37.6. The molecular formula is C12H13ClF3NO. The zero-order valence-electron chi connectivity index (χ0n) is 9.52. The minimum Gasteiger partial charge on any atom is -0.508 e. The van der Waals surface area contributed by atoms with E-state index in [0.29, 0.717) is 5.56 Å². The Balaban J connectivity index is 2.37. The van der Waals surface area contributed by atoms with Crippen molar-refractivity contribution in [3.63, 3.8) is 0 Å². The van der Waals surface area contributed by atoms with Crippen LogP contribution in [0.25, 0.3) is 0 Å². The van der Waals surface area contributed by atoms with Crippen LogP contribution in [0.2, 0.25) is 5.02 Å². The third-order valence-corrected chi connectivity index (χ3v) is 3.41. The number of piperidine rings is 1. The van der Waals surface area contributed by atoms with Crippen molar-refractivity contribution < 1.29 is 18.3 Å². The van der Waals surface area contributed by atoms with Crippen molar-refractivity contribution in [1.29, 1.82) is 0 Å². The fourth-order valence-electron chi connectivity index (χ4n) is 2.21. The Kier molecular flexibility index (Phi) is 3.73. The summed E-state index contributed by atoms with van der Waals surface area (Å²) in [5.41, 5.74) is -0.561. The van der Waals surface area contributed by atoms with Gasteiger partial charge in [-0.25, -0.2) is 0 Å². The van der Waals surface area contributed by atoms with E-state index in [-0.39, 0.29) is 11.1 Å². The Morgan fingerprint density at radius 3 is 2.50 bits per heavy atom. The fraction of sp³-hybridized carbons (Fsp3) is 0.500. The summed E-state index contributed by atoms with van der Waals surface area (Å²) in [5.74, 6) is -0.394. The van der Waals surface area contributed by atoms with Crippen LogP contribution in [-0.2, 0) is 6.18 Å². The van der Waals surface area contributed by atoms with E-state index in [2.05, 4.69) is 5.32 Å². The van der Waals surface area contributed by atoms with Gasteiger partial charge in [-0.2, -0.15) is 13.2 Å². The molecule has 1 aromatic rings. The first-order valence-corrected chi connectivity index (χ1v) is 6.10. The molecule has 1 heterocycles. The van der Waals surface area contributed by atoms with Gasteiger partial charge in [-0.05, 0) is 31.5 Å². The van der Waals surface area contributed by atoms with Gasteiger partial charge < -0.3 is 10.4 Å². The first-order chi connectivity index (χ1) is 8.39. The Morgan fingerprint density at radius 2 is 2.00 bits per heavy atom. The predicted octanol–water partition coefficient (Wildman–Crippen LogP) is 3.88. The van der Waals surface area contributed by atoms with E-state index >= 15 is 0 Å². The van der Waals surface area contributed by atoms with Crippen molar-refractivity contribution in [1.82, 2.24) is 5.32 Å². The standard InChI is InChI=1S/C12H13ClF3NO/c13-8-5-7(12(14,15)16)6-10(18)11(8)9-3-1-2-4-17-9/h5-6,9,17-18H,1-4H2. The number of benzene rings is 1. The van der Waals surface area contributed by atoms with Crippen LogP contribution in [0.4, 0.5) is 13.2 Å². The number of phenolic OH excluding ortho intramolecular Hbond substituents is 1. The van der Waals surface area contributed by atoms with Crippen molar-refractivity contribution in [2.24, 2.45) is 0 Å². The van der Waals surface area contributed by atoms with Crippen LogP contribution >= 0.6 is 11.6 Å². The number of nitrogens with one attached hydrogen (secondary N) is 1. The molecule has 18 heavy (non-hydrogen) atoms. The third kappa shape index (κ3) is 2.72. The monoisotopic (exact) mass is 279 g/mol. The van der Waals surface area contributed by atoms with E-state index in [1.54, 1.807) is 0 Å². The summed E-state index contributed by atoms with van der Waals surface area (Å²) in [7, 11) is 0. The highest BCUT2D eigenvalue weighted by Crippen LogP contribution is 2.40. The van der Waals surface area contributed by atoms with E-state index in [9.17, 15) is 18.3 Å². The minimum atomic E-state index is -4.50. The van der Waals surface area contributed by atoms with Crippen LogP contribution in [0.1, 0.15) is 36.4 Å². The molecule has 0 aromatic heterocycles. The molecule has 0 spiro atoms. The number of hydrogen-bond acceptors (Lipinski definition) is 2. The molecule has 2 rings (SSSR count). The summed E-state index contributed by atoms with van der Waals surface area (Å²) >= 11 is 5.87. The minimum absolute atomic E-state index is 0.0401. The molecular weight excluding hydrogens is 267 g/mol. The first kappa shape index (κ1) is 13.5. The van der Waals surface area contributed by atoms with Gasteiger partial charge in [0, 0.05) is 16.6 Å². The topological polar surface area (TPSA) is 32.3 Å². The summed E-state index contributed by atoms with van der Waals surface area (Å²) in [5, 5.41) is 12.9. The Labute approximate surface area is 108 Å². The van der Waals surface area contributed by atoms with E-state index in [1.165, 1.54) is 0 Å². The van der Waals surface area contributed by atoms with Crippen molar-refractivity contribution in [2.45, 2.75) is 31.5 Å². The van der Waals surface area contributed by atoms with Gasteiger partial charge in [0.1, 0.15) is 5.75 Å². The second kappa shape index (κ2) is 4.97. The maximum absolute atomic E-state index is 12.5. The highest BCUT2D eigenvalue weighted by molar-refractivity contribution is 6.31. The van der Waals surface area contributed by atoms with Crippen molar-refractivity contribution >= 4 is 11.6 Å². The summed E-state index contributed by atoms with van der Waals surface area (Å²) in [6.07, 6.45) is -1.75. The summed E-state index contributed by atoms with van der Waals surface area (Å²) in [6, 6.07) is 1.43. The molecule has 0 bridgehead atoms. The van der Waals surface area contributed by atoms with Crippen LogP contribution < -0.4 is 5.32 Å². The fourth-order valence-corrected chi connectivity index (χ4v) is 2.56. The SMILES string of the molecule is Oc1cc(C(F)(F)F)cc(Cl)c1C1CCCCN1. The third-order valence-electron chi connectivity index (χ3n) is 3.09. The van der Waals surface area contributed by atoms with Gasteiger partial charge in [0.2, 0.25) is 0 Å². The molecule has 1 aliphatic rings. The molecule has 1 fully saturated rings. The number of hydrogen-bond donors (Lipinski definition) is 2. The van der Waals surface area contributed by atoms with Crippen molar-refractivity contribution in [3.05, 3.63) is 28.3 Å². The summed E-state index contributed by atoms with van der Waals surface area (Å²) in [4.78, 5) is 0. The van der Waals surface area contributed by atoms with Crippen LogP contribution in [0.5, 0.6) is 5.75 Å². The second-order valence-electron chi connectivity index (χ2n) is 4.39. The zero-order chi connectivity index (χ0) is 13.3. The lowest BCUT2D eigenvalue weighted by atomic mass is 9.95. The van der Waals surface area contributed by atoms with Crippen LogP contribution in [-0.4, -0.2) is 11.7 Å². The number of rotatable bonds is 1. The first-order valence-electron chi connectivity index (χ1n) is 5.72. The largest absolute Gasteiger partial charge is 0.508 e. The lowest BCUT2D eigenvalue weighted by molar-refractivity contribution is -0.137. The van der Waals surface area contributed by atoms with Gasteiger partial charge in [-0.1, -0.05) is 18.0 Å².